The van der Waals surface area contributed by atoms with Crippen molar-refractivity contribution in [1.82, 2.24) is 10.2 Å². The maximum Gasteiger partial charge on any atom is 0.253 e. The molecule has 3 aromatic rings. The molecule has 1 heterocycles. The molecule has 1 atom stereocenters. The Balaban J connectivity index is 1.97. The minimum atomic E-state index is -0.768. The molecule has 0 saturated carbocycles. The summed E-state index contributed by atoms with van der Waals surface area (Å²) < 4.78 is 32.7. The first-order chi connectivity index (χ1) is 10.2. The van der Waals surface area contributed by atoms with Gasteiger partial charge in [-0.3, -0.25) is 0 Å². The van der Waals surface area contributed by atoms with Gasteiger partial charge < -0.3 is 4.42 Å². The minimum absolute atomic E-state index is 0.0838. The highest BCUT2D eigenvalue weighted by molar-refractivity contribution is 6.22. The highest BCUT2D eigenvalue weighted by Crippen LogP contribution is 2.31. The molecule has 0 bridgehead atoms. The van der Waals surface area contributed by atoms with Crippen LogP contribution in [0.4, 0.5) is 8.78 Å². The number of alkyl halides is 1. The van der Waals surface area contributed by atoms with Crippen LogP contribution in [0.15, 0.2) is 52.9 Å². The molecule has 0 fully saturated rings. The van der Waals surface area contributed by atoms with E-state index in [-0.39, 0.29) is 17.3 Å². The van der Waals surface area contributed by atoms with E-state index in [0.29, 0.717) is 0 Å². The van der Waals surface area contributed by atoms with Crippen molar-refractivity contribution in [3.05, 3.63) is 71.6 Å². The topological polar surface area (TPSA) is 38.9 Å². The minimum Gasteiger partial charge on any atom is -0.418 e. The van der Waals surface area contributed by atoms with Crippen molar-refractivity contribution >= 4 is 11.6 Å². The van der Waals surface area contributed by atoms with Gasteiger partial charge in [-0.25, -0.2) is 8.78 Å². The number of aromatic nitrogens is 2. The Morgan fingerprint density at radius 2 is 1.57 bits per heavy atom. The van der Waals surface area contributed by atoms with E-state index in [2.05, 4.69) is 10.2 Å². The highest BCUT2D eigenvalue weighted by atomic mass is 35.5. The lowest BCUT2D eigenvalue weighted by atomic mass is 10.1. The standard InChI is InChI=1S/C15H9ClF2N2O/c16-13(9-5-2-1-3-6-9)15-20-19-14(21-15)12-10(17)7-4-8-11(12)18/h1-8,13H. The number of benzene rings is 2. The van der Waals surface area contributed by atoms with Gasteiger partial charge in [0.05, 0.1) is 0 Å². The van der Waals surface area contributed by atoms with E-state index >= 15 is 0 Å². The summed E-state index contributed by atoms with van der Waals surface area (Å²) in [6.45, 7) is 0. The van der Waals surface area contributed by atoms with Crippen molar-refractivity contribution < 1.29 is 13.2 Å². The molecule has 106 valence electrons. The van der Waals surface area contributed by atoms with Crippen LogP contribution < -0.4 is 0 Å². The van der Waals surface area contributed by atoms with E-state index in [4.69, 9.17) is 16.0 Å². The molecule has 0 aliphatic heterocycles. The van der Waals surface area contributed by atoms with Crippen molar-refractivity contribution in [3.63, 3.8) is 0 Å². The zero-order chi connectivity index (χ0) is 14.8. The van der Waals surface area contributed by atoms with Crippen LogP contribution in [0, 0.1) is 11.6 Å². The largest absolute Gasteiger partial charge is 0.418 e. The summed E-state index contributed by atoms with van der Waals surface area (Å²) in [5.41, 5.74) is 0.400. The van der Waals surface area contributed by atoms with Crippen molar-refractivity contribution in [2.75, 3.05) is 0 Å². The van der Waals surface area contributed by atoms with Crippen molar-refractivity contribution in [3.8, 4) is 11.5 Å². The maximum absolute atomic E-state index is 13.7. The first kappa shape index (κ1) is 13.7. The molecule has 0 spiro atoms. The molecule has 21 heavy (non-hydrogen) atoms. The second-order valence-corrected chi connectivity index (χ2v) is 4.75. The summed E-state index contributed by atoms with van der Waals surface area (Å²) in [7, 11) is 0. The molecule has 1 aromatic heterocycles. The smallest absolute Gasteiger partial charge is 0.253 e. The Hall–Kier alpha value is -2.27. The summed E-state index contributed by atoms with van der Waals surface area (Å²) in [5, 5.41) is 6.76. The molecule has 1 unspecified atom stereocenters. The van der Waals surface area contributed by atoms with Crippen LogP contribution in [0.1, 0.15) is 16.8 Å². The van der Waals surface area contributed by atoms with E-state index in [1.165, 1.54) is 6.07 Å². The highest BCUT2D eigenvalue weighted by Gasteiger charge is 2.22. The molecule has 6 heteroatoms. The summed E-state index contributed by atoms with van der Waals surface area (Å²) in [6.07, 6.45) is 0. The number of halogens is 3. The molecular weight excluding hydrogens is 298 g/mol. The predicted octanol–water partition coefficient (Wildman–Crippen LogP) is 4.34. The fourth-order valence-electron chi connectivity index (χ4n) is 1.90. The second kappa shape index (κ2) is 5.61. The molecular formula is C15H9ClF2N2O. The van der Waals surface area contributed by atoms with Crippen LogP contribution in [-0.4, -0.2) is 10.2 Å². The lowest BCUT2D eigenvalue weighted by molar-refractivity contribution is 0.501. The van der Waals surface area contributed by atoms with Gasteiger partial charge in [0.15, 0.2) is 0 Å². The van der Waals surface area contributed by atoms with Crippen molar-refractivity contribution in [2.45, 2.75) is 5.38 Å². The van der Waals surface area contributed by atoms with E-state index < -0.39 is 17.0 Å². The number of hydrogen-bond acceptors (Lipinski definition) is 3. The first-order valence-electron chi connectivity index (χ1n) is 6.13. The average molecular weight is 307 g/mol. The van der Waals surface area contributed by atoms with Crippen LogP contribution in [0.3, 0.4) is 0 Å². The third-order valence-electron chi connectivity index (χ3n) is 2.93. The average Bonchev–Trinajstić information content (AvgIpc) is 2.97. The van der Waals surface area contributed by atoms with Crippen LogP contribution in [0.25, 0.3) is 11.5 Å². The molecule has 0 saturated heterocycles. The molecule has 0 N–H and O–H groups in total. The molecule has 0 aliphatic rings. The SMILES string of the molecule is Fc1cccc(F)c1-c1nnc(C(Cl)c2ccccc2)o1. The van der Waals surface area contributed by atoms with E-state index in [0.717, 1.165) is 17.7 Å². The lowest BCUT2D eigenvalue weighted by Crippen LogP contribution is -1.92. The Morgan fingerprint density at radius 3 is 2.24 bits per heavy atom. The maximum atomic E-state index is 13.7. The van der Waals surface area contributed by atoms with E-state index in [1.54, 1.807) is 12.1 Å². The zero-order valence-corrected chi connectivity index (χ0v) is 11.4. The normalized spacial score (nSPS) is 12.3. The summed E-state index contributed by atoms with van der Waals surface area (Å²) in [5.74, 6) is -1.69. The quantitative estimate of drug-likeness (QED) is 0.676. The van der Waals surface area contributed by atoms with E-state index in [9.17, 15) is 8.78 Å². The number of rotatable bonds is 3. The summed E-state index contributed by atoms with van der Waals surface area (Å²) in [6, 6.07) is 12.6. The molecule has 0 radical (unpaired) electrons. The number of nitrogens with zero attached hydrogens (tertiary/aromatic N) is 2. The third kappa shape index (κ3) is 2.64. The van der Waals surface area contributed by atoms with Crippen LogP contribution in [-0.2, 0) is 0 Å². The van der Waals surface area contributed by atoms with Gasteiger partial charge in [0.25, 0.3) is 5.89 Å². The Kier molecular flexibility index (Phi) is 3.66. The van der Waals surface area contributed by atoms with Crippen molar-refractivity contribution in [2.24, 2.45) is 0 Å². The molecule has 3 rings (SSSR count). The third-order valence-corrected chi connectivity index (χ3v) is 3.36. The molecule has 3 nitrogen and oxygen atoms in total. The fraction of sp³-hybridized carbons (Fsp3) is 0.0667. The van der Waals surface area contributed by atoms with Gasteiger partial charge in [-0.05, 0) is 17.7 Å². The van der Waals surface area contributed by atoms with Gasteiger partial charge in [0, 0.05) is 0 Å². The van der Waals surface area contributed by atoms with Gasteiger partial charge in [-0.15, -0.1) is 21.8 Å². The molecule has 2 aromatic carbocycles. The lowest BCUT2D eigenvalue weighted by Gasteiger charge is -2.04. The fourth-order valence-corrected chi connectivity index (χ4v) is 2.14. The van der Waals surface area contributed by atoms with E-state index in [1.807, 2.05) is 18.2 Å². The Morgan fingerprint density at radius 1 is 0.905 bits per heavy atom. The molecule has 0 aliphatic carbocycles. The van der Waals surface area contributed by atoms with Gasteiger partial charge in [-0.2, -0.15) is 0 Å². The Bertz CT molecular complexity index is 741. The van der Waals surface area contributed by atoms with Gasteiger partial charge in [0.1, 0.15) is 22.6 Å². The predicted molar refractivity (Wildman–Crippen MR) is 73.8 cm³/mol. The number of hydrogen-bond donors (Lipinski definition) is 0. The van der Waals surface area contributed by atoms with Crippen molar-refractivity contribution in [1.29, 1.82) is 0 Å². The van der Waals surface area contributed by atoms with Gasteiger partial charge >= 0.3 is 0 Å². The Labute approximate surface area is 124 Å². The second-order valence-electron chi connectivity index (χ2n) is 4.32. The summed E-state index contributed by atoms with van der Waals surface area (Å²) in [4.78, 5) is 0. The summed E-state index contributed by atoms with van der Waals surface area (Å²) >= 11 is 6.23. The van der Waals surface area contributed by atoms with Crippen LogP contribution in [0.5, 0.6) is 0 Å². The van der Waals surface area contributed by atoms with Crippen LogP contribution in [0.2, 0.25) is 0 Å². The zero-order valence-electron chi connectivity index (χ0n) is 10.6. The van der Waals surface area contributed by atoms with Crippen LogP contribution >= 0.6 is 11.6 Å². The molecule has 0 amide bonds. The first-order valence-corrected chi connectivity index (χ1v) is 6.57. The monoisotopic (exact) mass is 306 g/mol. The van der Waals surface area contributed by atoms with Gasteiger partial charge in [-0.1, -0.05) is 36.4 Å². The van der Waals surface area contributed by atoms with Gasteiger partial charge in [0.2, 0.25) is 5.89 Å².